The molecule has 0 amide bonds. The first-order chi connectivity index (χ1) is 10.4. The molecule has 1 saturated carbocycles. The molecule has 2 heterocycles. The third-order valence-electron chi connectivity index (χ3n) is 3.43. The molecule has 7 heteroatoms. The lowest BCUT2D eigenvalue weighted by Gasteiger charge is -2.09. The Morgan fingerprint density at radius 1 is 1.33 bits per heavy atom. The van der Waals surface area contributed by atoms with Crippen LogP contribution >= 0.6 is 0 Å². The van der Waals surface area contributed by atoms with Gasteiger partial charge in [0.05, 0.1) is 6.33 Å². The summed E-state index contributed by atoms with van der Waals surface area (Å²) in [4.78, 5) is 16.1. The highest BCUT2D eigenvalue weighted by Crippen LogP contribution is 2.28. The average Bonchev–Trinajstić information content (AvgIpc) is 3.18. The summed E-state index contributed by atoms with van der Waals surface area (Å²) in [5, 5.41) is 6.45. The minimum absolute atomic E-state index is 0.601. The highest BCUT2D eigenvalue weighted by atomic mass is 16.5. The molecule has 0 bridgehead atoms. The topological polar surface area (TPSA) is 87.8 Å². The number of hydrogen-bond donors (Lipinski definition) is 3. The van der Waals surface area contributed by atoms with Crippen LogP contribution in [0.5, 0.6) is 0 Å². The van der Waals surface area contributed by atoms with Gasteiger partial charge in [-0.15, -0.1) is 0 Å². The summed E-state index contributed by atoms with van der Waals surface area (Å²) in [5.74, 6) is 2.22. The van der Waals surface area contributed by atoms with Crippen LogP contribution in [-0.2, 0) is 4.74 Å². The molecule has 2 aromatic heterocycles. The third kappa shape index (κ3) is 3.81. The summed E-state index contributed by atoms with van der Waals surface area (Å²) in [5.41, 5.74) is 1.52. The second-order valence-corrected chi connectivity index (χ2v) is 5.33. The van der Waals surface area contributed by atoms with Crippen molar-refractivity contribution in [1.29, 1.82) is 0 Å². The molecule has 3 N–H and O–H groups in total. The Kier molecular flexibility index (Phi) is 4.49. The van der Waals surface area contributed by atoms with E-state index in [1.54, 1.807) is 6.33 Å². The van der Waals surface area contributed by atoms with E-state index in [1.807, 2.05) is 6.92 Å². The van der Waals surface area contributed by atoms with Gasteiger partial charge in [0, 0.05) is 26.3 Å². The predicted octanol–water partition coefficient (Wildman–Crippen LogP) is 2.01. The summed E-state index contributed by atoms with van der Waals surface area (Å²) in [6, 6.07) is 0. The van der Waals surface area contributed by atoms with E-state index in [4.69, 9.17) is 4.74 Å². The number of H-pyrrole nitrogens is 1. The number of imidazole rings is 1. The van der Waals surface area contributed by atoms with Gasteiger partial charge in [-0.25, -0.2) is 4.98 Å². The smallest absolute Gasteiger partial charge is 0.226 e. The number of fused-ring (bicyclic) bond motifs is 1. The van der Waals surface area contributed by atoms with Crippen molar-refractivity contribution in [2.24, 2.45) is 5.92 Å². The van der Waals surface area contributed by atoms with Crippen LogP contribution in [0.4, 0.5) is 11.8 Å². The maximum atomic E-state index is 5.63. The number of rotatable bonds is 9. The van der Waals surface area contributed by atoms with Crippen molar-refractivity contribution in [2.45, 2.75) is 26.2 Å². The van der Waals surface area contributed by atoms with E-state index in [1.165, 1.54) is 12.8 Å². The minimum atomic E-state index is 0.601. The highest BCUT2D eigenvalue weighted by molar-refractivity contribution is 5.83. The Morgan fingerprint density at radius 3 is 3.05 bits per heavy atom. The van der Waals surface area contributed by atoms with Gasteiger partial charge in [0.1, 0.15) is 5.52 Å². The lowest BCUT2D eigenvalue weighted by molar-refractivity contribution is 0.124. The highest BCUT2D eigenvalue weighted by Gasteiger charge is 2.20. The molecule has 0 radical (unpaired) electrons. The molecule has 0 atom stereocenters. The zero-order valence-electron chi connectivity index (χ0n) is 12.4. The summed E-state index contributed by atoms with van der Waals surface area (Å²) in [7, 11) is 0. The van der Waals surface area contributed by atoms with Crippen LogP contribution in [0.3, 0.4) is 0 Å². The molecule has 0 spiro atoms. The summed E-state index contributed by atoms with van der Waals surface area (Å²) in [6.07, 6.45) is 5.27. The van der Waals surface area contributed by atoms with Gasteiger partial charge in [0.15, 0.2) is 11.5 Å². The normalized spacial score (nSPS) is 14.5. The maximum absolute atomic E-state index is 5.63. The van der Waals surface area contributed by atoms with Crippen LogP contribution in [0, 0.1) is 5.92 Å². The van der Waals surface area contributed by atoms with Crippen molar-refractivity contribution < 1.29 is 4.74 Å². The second-order valence-electron chi connectivity index (χ2n) is 5.33. The van der Waals surface area contributed by atoms with Crippen molar-refractivity contribution in [2.75, 3.05) is 36.9 Å². The summed E-state index contributed by atoms with van der Waals surface area (Å²) in [6.45, 7) is 5.33. The number of aromatic nitrogens is 4. The molecule has 1 aliphatic rings. The van der Waals surface area contributed by atoms with E-state index < -0.39 is 0 Å². The van der Waals surface area contributed by atoms with Gasteiger partial charge in [0.2, 0.25) is 5.95 Å². The van der Waals surface area contributed by atoms with E-state index in [0.29, 0.717) is 11.6 Å². The number of ether oxygens (including phenoxy) is 1. The standard InChI is InChI=1S/C14H22N6O/c1-2-15-14-19-12(11-13(20-14)18-9-17-11)16-6-3-7-21-8-10-4-5-10/h9-10H,2-8H2,1H3,(H3,15,16,17,18,19,20). The zero-order valence-corrected chi connectivity index (χ0v) is 12.4. The van der Waals surface area contributed by atoms with Crippen molar-refractivity contribution >= 4 is 22.9 Å². The molecule has 21 heavy (non-hydrogen) atoms. The molecular weight excluding hydrogens is 268 g/mol. The van der Waals surface area contributed by atoms with Gasteiger partial charge in [-0.2, -0.15) is 9.97 Å². The molecule has 0 aromatic carbocycles. The fraction of sp³-hybridized carbons (Fsp3) is 0.643. The van der Waals surface area contributed by atoms with E-state index >= 15 is 0 Å². The Hall–Kier alpha value is -1.89. The van der Waals surface area contributed by atoms with Crippen LogP contribution in [-0.4, -0.2) is 46.2 Å². The molecule has 0 saturated heterocycles. The Balaban J connectivity index is 1.52. The number of hydrogen-bond acceptors (Lipinski definition) is 6. The third-order valence-corrected chi connectivity index (χ3v) is 3.43. The van der Waals surface area contributed by atoms with Crippen LogP contribution in [0.2, 0.25) is 0 Å². The predicted molar refractivity (Wildman–Crippen MR) is 82.5 cm³/mol. The molecule has 2 aromatic rings. The largest absolute Gasteiger partial charge is 0.381 e. The van der Waals surface area contributed by atoms with Crippen molar-refractivity contribution in [3.8, 4) is 0 Å². The van der Waals surface area contributed by atoms with Gasteiger partial charge in [-0.05, 0) is 32.1 Å². The monoisotopic (exact) mass is 290 g/mol. The van der Waals surface area contributed by atoms with Gasteiger partial charge in [-0.3, -0.25) is 0 Å². The fourth-order valence-corrected chi connectivity index (χ4v) is 2.11. The number of aromatic amines is 1. The number of nitrogens with zero attached hydrogens (tertiary/aromatic N) is 3. The first-order valence-electron chi connectivity index (χ1n) is 7.63. The van der Waals surface area contributed by atoms with Gasteiger partial charge in [-0.1, -0.05) is 0 Å². The average molecular weight is 290 g/mol. The van der Waals surface area contributed by atoms with Crippen LogP contribution in [0.25, 0.3) is 11.2 Å². The van der Waals surface area contributed by atoms with E-state index in [9.17, 15) is 0 Å². The molecule has 0 aliphatic heterocycles. The molecule has 114 valence electrons. The van der Waals surface area contributed by atoms with Crippen molar-refractivity contribution in [3.05, 3.63) is 6.33 Å². The summed E-state index contributed by atoms with van der Waals surface area (Å²) >= 11 is 0. The molecule has 7 nitrogen and oxygen atoms in total. The molecule has 1 aliphatic carbocycles. The van der Waals surface area contributed by atoms with Gasteiger partial charge >= 0.3 is 0 Å². The van der Waals surface area contributed by atoms with E-state index in [0.717, 1.165) is 50.0 Å². The number of nitrogens with one attached hydrogen (secondary N) is 3. The second kappa shape index (κ2) is 6.71. The van der Waals surface area contributed by atoms with E-state index in [2.05, 4.69) is 30.6 Å². The Labute approximate surface area is 123 Å². The lowest BCUT2D eigenvalue weighted by atomic mass is 10.4. The van der Waals surface area contributed by atoms with E-state index in [-0.39, 0.29) is 0 Å². The molecule has 1 fully saturated rings. The van der Waals surface area contributed by atoms with Crippen LogP contribution in [0.15, 0.2) is 6.33 Å². The quantitative estimate of drug-likeness (QED) is 0.612. The lowest BCUT2D eigenvalue weighted by Crippen LogP contribution is -2.10. The van der Waals surface area contributed by atoms with Crippen LogP contribution < -0.4 is 10.6 Å². The van der Waals surface area contributed by atoms with Crippen LogP contribution in [0.1, 0.15) is 26.2 Å². The molecule has 0 unspecified atom stereocenters. The zero-order chi connectivity index (χ0) is 14.5. The SMILES string of the molecule is CCNc1nc(NCCCOCC2CC2)c2[nH]cnc2n1. The Morgan fingerprint density at radius 2 is 2.24 bits per heavy atom. The maximum Gasteiger partial charge on any atom is 0.226 e. The van der Waals surface area contributed by atoms with Crippen molar-refractivity contribution in [1.82, 2.24) is 19.9 Å². The molecular formula is C14H22N6O. The minimum Gasteiger partial charge on any atom is -0.381 e. The number of anilines is 2. The van der Waals surface area contributed by atoms with Gasteiger partial charge in [0.25, 0.3) is 0 Å². The van der Waals surface area contributed by atoms with Gasteiger partial charge < -0.3 is 20.4 Å². The first kappa shape index (κ1) is 14.1. The fourth-order valence-electron chi connectivity index (χ4n) is 2.11. The first-order valence-corrected chi connectivity index (χ1v) is 7.63. The Bertz CT molecular complexity index is 580. The molecule has 3 rings (SSSR count). The summed E-state index contributed by atoms with van der Waals surface area (Å²) < 4.78 is 5.63. The van der Waals surface area contributed by atoms with Crippen molar-refractivity contribution in [3.63, 3.8) is 0 Å².